The normalized spacial score (nSPS) is 26.1. The van der Waals surface area contributed by atoms with Crippen LogP contribution in [0, 0.1) is 11.6 Å². The van der Waals surface area contributed by atoms with Crippen molar-refractivity contribution in [1.29, 1.82) is 0 Å². The minimum Gasteiger partial charge on any atom is -0.366 e. The second-order valence-electron chi connectivity index (χ2n) is 5.97. The van der Waals surface area contributed by atoms with E-state index in [0.29, 0.717) is 5.69 Å². The van der Waals surface area contributed by atoms with Crippen LogP contribution in [0.15, 0.2) is 18.2 Å². The Morgan fingerprint density at radius 2 is 1.79 bits per heavy atom. The molecular formula is C15H20F2N2. The molecule has 1 aliphatic heterocycles. The second-order valence-corrected chi connectivity index (χ2v) is 5.97. The maximum absolute atomic E-state index is 13.4. The first-order valence-electron chi connectivity index (χ1n) is 7.06. The van der Waals surface area contributed by atoms with Crippen molar-refractivity contribution in [3.63, 3.8) is 0 Å². The summed E-state index contributed by atoms with van der Waals surface area (Å²) in [6.07, 6.45) is 4.81. The highest BCUT2D eigenvalue weighted by molar-refractivity contribution is 5.49. The molecule has 104 valence electrons. The first kappa shape index (κ1) is 12.9. The van der Waals surface area contributed by atoms with Gasteiger partial charge in [0.1, 0.15) is 11.6 Å². The highest BCUT2D eigenvalue weighted by Crippen LogP contribution is 2.35. The lowest BCUT2D eigenvalue weighted by atomic mass is 9.92. The number of rotatable bonds is 1. The summed E-state index contributed by atoms with van der Waals surface area (Å²) in [6.45, 7) is 3.81. The first-order chi connectivity index (χ1) is 9.08. The number of halogens is 2. The van der Waals surface area contributed by atoms with Gasteiger partial charge < -0.3 is 10.2 Å². The molecule has 4 heteroatoms. The second kappa shape index (κ2) is 4.75. The van der Waals surface area contributed by atoms with Crippen molar-refractivity contribution < 1.29 is 8.78 Å². The van der Waals surface area contributed by atoms with Gasteiger partial charge in [0.15, 0.2) is 0 Å². The molecule has 1 spiro atoms. The van der Waals surface area contributed by atoms with Crippen LogP contribution in [0.4, 0.5) is 14.5 Å². The molecule has 0 amide bonds. The van der Waals surface area contributed by atoms with Crippen LogP contribution in [0.1, 0.15) is 32.6 Å². The van der Waals surface area contributed by atoms with Crippen molar-refractivity contribution in [2.75, 3.05) is 18.0 Å². The molecule has 1 atom stereocenters. The molecule has 3 rings (SSSR count). The molecule has 2 fully saturated rings. The summed E-state index contributed by atoms with van der Waals surface area (Å²) in [4.78, 5) is 2.15. The van der Waals surface area contributed by atoms with Gasteiger partial charge in [0.05, 0.1) is 0 Å². The average molecular weight is 266 g/mol. The molecule has 1 aromatic carbocycles. The van der Waals surface area contributed by atoms with Crippen molar-refractivity contribution in [2.24, 2.45) is 0 Å². The van der Waals surface area contributed by atoms with Gasteiger partial charge >= 0.3 is 0 Å². The van der Waals surface area contributed by atoms with E-state index in [-0.39, 0.29) is 11.6 Å². The maximum Gasteiger partial charge on any atom is 0.128 e. The Kier molecular flexibility index (Phi) is 3.21. The lowest BCUT2D eigenvalue weighted by Gasteiger charge is -2.46. The Hall–Kier alpha value is -1.16. The van der Waals surface area contributed by atoms with E-state index in [2.05, 4.69) is 17.1 Å². The molecule has 1 saturated heterocycles. The van der Waals surface area contributed by atoms with Gasteiger partial charge in [-0.2, -0.15) is 0 Å². The largest absolute Gasteiger partial charge is 0.366 e. The average Bonchev–Trinajstić information content (AvgIpc) is 2.80. The van der Waals surface area contributed by atoms with E-state index in [1.807, 2.05) is 0 Å². The summed E-state index contributed by atoms with van der Waals surface area (Å²) in [5, 5.41) is 3.64. The van der Waals surface area contributed by atoms with Gasteiger partial charge in [0.2, 0.25) is 0 Å². The molecule has 2 aliphatic rings. The quantitative estimate of drug-likeness (QED) is 0.840. The zero-order valence-corrected chi connectivity index (χ0v) is 11.3. The number of hydrogen-bond donors (Lipinski definition) is 1. The van der Waals surface area contributed by atoms with Crippen LogP contribution in [0.5, 0.6) is 0 Å². The van der Waals surface area contributed by atoms with E-state index >= 15 is 0 Å². The van der Waals surface area contributed by atoms with Gasteiger partial charge in [-0.25, -0.2) is 8.78 Å². The van der Waals surface area contributed by atoms with Gasteiger partial charge in [0.25, 0.3) is 0 Å². The zero-order valence-electron chi connectivity index (χ0n) is 11.3. The van der Waals surface area contributed by atoms with Crippen LogP contribution in [0.25, 0.3) is 0 Å². The van der Waals surface area contributed by atoms with Gasteiger partial charge in [0, 0.05) is 36.4 Å². The molecule has 1 N–H and O–H groups in total. The smallest absolute Gasteiger partial charge is 0.128 e. The number of benzene rings is 1. The number of nitrogens with one attached hydrogen (secondary N) is 1. The van der Waals surface area contributed by atoms with Crippen molar-refractivity contribution in [3.05, 3.63) is 29.8 Å². The van der Waals surface area contributed by atoms with Crippen LogP contribution in [0.2, 0.25) is 0 Å². The monoisotopic (exact) mass is 266 g/mol. The number of anilines is 1. The highest BCUT2D eigenvalue weighted by Gasteiger charge is 2.40. The zero-order chi connectivity index (χ0) is 13.5. The van der Waals surface area contributed by atoms with Crippen LogP contribution >= 0.6 is 0 Å². The predicted octanol–water partition coefficient (Wildman–Crippen LogP) is 3.08. The summed E-state index contributed by atoms with van der Waals surface area (Å²) in [6, 6.07) is 4.07. The minimum atomic E-state index is -0.499. The van der Waals surface area contributed by atoms with Crippen molar-refractivity contribution in [1.82, 2.24) is 5.32 Å². The third-order valence-electron chi connectivity index (χ3n) is 4.52. The Bertz CT molecular complexity index is 449. The molecule has 1 aliphatic carbocycles. The van der Waals surface area contributed by atoms with Crippen LogP contribution in [-0.2, 0) is 0 Å². The van der Waals surface area contributed by atoms with Gasteiger partial charge in [-0.05, 0) is 31.9 Å². The van der Waals surface area contributed by atoms with Gasteiger partial charge in [-0.1, -0.05) is 12.8 Å². The van der Waals surface area contributed by atoms with Crippen LogP contribution in [-0.4, -0.2) is 24.7 Å². The van der Waals surface area contributed by atoms with E-state index in [1.165, 1.54) is 25.0 Å². The SMILES string of the molecule is CC1CNC2(CCCC2)CN1c1cc(F)cc(F)c1. The third-order valence-corrected chi connectivity index (χ3v) is 4.52. The fourth-order valence-electron chi connectivity index (χ4n) is 3.45. The predicted molar refractivity (Wildman–Crippen MR) is 72.4 cm³/mol. The van der Waals surface area contributed by atoms with Crippen molar-refractivity contribution in [2.45, 2.75) is 44.2 Å². The van der Waals surface area contributed by atoms with E-state index in [4.69, 9.17) is 0 Å². The third kappa shape index (κ3) is 2.46. The summed E-state index contributed by atoms with van der Waals surface area (Å²) in [5.41, 5.74) is 0.813. The lowest BCUT2D eigenvalue weighted by molar-refractivity contribution is 0.276. The lowest BCUT2D eigenvalue weighted by Crippen LogP contribution is -2.62. The molecule has 0 aromatic heterocycles. The standard InChI is InChI=1S/C15H20F2N2/c1-11-9-18-15(4-2-3-5-15)10-19(11)14-7-12(16)6-13(17)8-14/h6-8,11,18H,2-5,9-10H2,1H3. The van der Waals surface area contributed by atoms with E-state index < -0.39 is 11.6 Å². The van der Waals surface area contributed by atoms with Crippen LogP contribution in [0.3, 0.4) is 0 Å². The Morgan fingerprint density at radius 1 is 1.16 bits per heavy atom. The number of piperazine rings is 1. The molecule has 1 saturated carbocycles. The number of hydrogen-bond acceptors (Lipinski definition) is 2. The molecular weight excluding hydrogens is 246 g/mol. The molecule has 19 heavy (non-hydrogen) atoms. The molecule has 1 unspecified atom stereocenters. The number of nitrogens with zero attached hydrogens (tertiary/aromatic N) is 1. The summed E-state index contributed by atoms with van der Waals surface area (Å²) in [7, 11) is 0. The summed E-state index contributed by atoms with van der Waals surface area (Å²) >= 11 is 0. The Balaban J connectivity index is 1.88. The minimum absolute atomic E-state index is 0.148. The van der Waals surface area contributed by atoms with E-state index in [0.717, 1.165) is 32.0 Å². The topological polar surface area (TPSA) is 15.3 Å². The molecule has 2 nitrogen and oxygen atoms in total. The van der Waals surface area contributed by atoms with E-state index in [9.17, 15) is 8.78 Å². The Labute approximate surface area is 112 Å². The maximum atomic E-state index is 13.4. The van der Waals surface area contributed by atoms with Gasteiger partial charge in [-0.15, -0.1) is 0 Å². The first-order valence-corrected chi connectivity index (χ1v) is 7.06. The fraction of sp³-hybridized carbons (Fsp3) is 0.600. The van der Waals surface area contributed by atoms with Crippen molar-refractivity contribution in [3.8, 4) is 0 Å². The Morgan fingerprint density at radius 3 is 2.42 bits per heavy atom. The van der Waals surface area contributed by atoms with Gasteiger partial charge in [-0.3, -0.25) is 0 Å². The summed E-state index contributed by atoms with van der Waals surface area (Å²) < 4.78 is 26.8. The molecule has 1 heterocycles. The summed E-state index contributed by atoms with van der Waals surface area (Å²) in [5.74, 6) is -0.998. The van der Waals surface area contributed by atoms with Crippen LogP contribution < -0.4 is 10.2 Å². The fourth-order valence-corrected chi connectivity index (χ4v) is 3.45. The molecule has 0 bridgehead atoms. The molecule has 1 aromatic rings. The van der Waals surface area contributed by atoms with Crippen molar-refractivity contribution >= 4 is 5.69 Å². The highest BCUT2D eigenvalue weighted by atomic mass is 19.1. The molecule has 0 radical (unpaired) electrons. The van der Waals surface area contributed by atoms with E-state index in [1.54, 1.807) is 0 Å².